The number of oxazole rings is 1. The third-order valence-corrected chi connectivity index (χ3v) is 2.85. The molecular weight excluding hydrogens is 258 g/mol. The van der Waals surface area contributed by atoms with Gasteiger partial charge in [0, 0.05) is 25.8 Å². The van der Waals surface area contributed by atoms with Crippen molar-refractivity contribution in [3.8, 4) is 11.5 Å². The van der Waals surface area contributed by atoms with E-state index in [2.05, 4.69) is 15.4 Å². The van der Waals surface area contributed by atoms with E-state index in [0.29, 0.717) is 23.9 Å². The van der Waals surface area contributed by atoms with Gasteiger partial charge in [-0.1, -0.05) is 0 Å². The largest absolute Gasteiger partial charge is 0.440 e. The Labute approximate surface area is 117 Å². The van der Waals surface area contributed by atoms with Crippen LogP contribution in [0.15, 0.2) is 16.8 Å². The number of nitrogens with two attached hydrogens (primary N) is 1. The normalized spacial score (nSPS) is 12.4. The average Bonchev–Trinajstić information content (AvgIpc) is 2.95. The first kappa shape index (κ1) is 14.3. The number of nitrogens with one attached hydrogen (secondary N) is 1. The third-order valence-electron chi connectivity index (χ3n) is 2.85. The molecule has 0 spiro atoms. The highest BCUT2D eigenvalue weighted by Gasteiger charge is 2.18. The molecule has 7 nitrogen and oxygen atoms in total. The third kappa shape index (κ3) is 3.24. The summed E-state index contributed by atoms with van der Waals surface area (Å²) in [6.07, 6.45) is 4.14. The molecule has 20 heavy (non-hydrogen) atoms. The fourth-order valence-electron chi connectivity index (χ4n) is 1.76. The van der Waals surface area contributed by atoms with Gasteiger partial charge >= 0.3 is 0 Å². The van der Waals surface area contributed by atoms with Crippen molar-refractivity contribution in [2.24, 2.45) is 12.8 Å². The molecule has 1 atom stereocenters. The van der Waals surface area contributed by atoms with Gasteiger partial charge in [0.2, 0.25) is 5.89 Å². The first-order chi connectivity index (χ1) is 9.47. The number of nitrogens with zero attached hydrogens (tertiary/aromatic N) is 3. The maximum atomic E-state index is 12.0. The van der Waals surface area contributed by atoms with E-state index in [4.69, 9.17) is 10.2 Å². The van der Waals surface area contributed by atoms with Crippen LogP contribution in [0.1, 0.15) is 29.6 Å². The molecule has 0 saturated carbocycles. The Kier molecular flexibility index (Phi) is 4.19. The van der Waals surface area contributed by atoms with E-state index in [1.165, 1.54) is 0 Å². The average molecular weight is 277 g/mol. The van der Waals surface area contributed by atoms with Crippen LogP contribution in [0, 0.1) is 6.92 Å². The molecule has 108 valence electrons. The van der Waals surface area contributed by atoms with E-state index in [9.17, 15) is 4.79 Å². The SMILES string of the molecule is Cc1oc(-c2cnn(C)c2)nc1C(=O)NCCC(C)N. The Bertz CT molecular complexity index is 600. The lowest BCUT2D eigenvalue weighted by molar-refractivity contribution is 0.0947. The van der Waals surface area contributed by atoms with Crippen LogP contribution in [-0.4, -0.2) is 33.3 Å². The molecule has 0 fully saturated rings. The van der Waals surface area contributed by atoms with Crippen LogP contribution in [0.2, 0.25) is 0 Å². The number of hydrogen-bond donors (Lipinski definition) is 2. The van der Waals surface area contributed by atoms with E-state index < -0.39 is 0 Å². The Morgan fingerprint density at radius 1 is 1.60 bits per heavy atom. The minimum atomic E-state index is -0.248. The van der Waals surface area contributed by atoms with Gasteiger partial charge in [0.05, 0.1) is 11.8 Å². The molecule has 0 aliphatic carbocycles. The highest BCUT2D eigenvalue weighted by atomic mass is 16.4. The van der Waals surface area contributed by atoms with Gasteiger partial charge < -0.3 is 15.5 Å². The summed E-state index contributed by atoms with van der Waals surface area (Å²) >= 11 is 0. The summed E-state index contributed by atoms with van der Waals surface area (Å²) < 4.78 is 7.16. The smallest absolute Gasteiger partial charge is 0.273 e. The number of carbonyl (C=O) groups is 1. The molecule has 1 amide bonds. The van der Waals surface area contributed by atoms with Crippen LogP contribution in [0.3, 0.4) is 0 Å². The van der Waals surface area contributed by atoms with Crippen molar-refractivity contribution in [2.75, 3.05) is 6.54 Å². The van der Waals surface area contributed by atoms with Crippen molar-refractivity contribution >= 4 is 5.91 Å². The van der Waals surface area contributed by atoms with Crippen LogP contribution in [0.5, 0.6) is 0 Å². The highest BCUT2D eigenvalue weighted by molar-refractivity contribution is 5.93. The summed E-state index contributed by atoms with van der Waals surface area (Å²) in [4.78, 5) is 16.2. The van der Waals surface area contributed by atoms with E-state index in [-0.39, 0.29) is 11.9 Å². The number of carbonyl (C=O) groups excluding carboxylic acids is 1. The van der Waals surface area contributed by atoms with Crippen molar-refractivity contribution in [2.45, 2.75) is 26.3 Å². The second kappa shape index (κ2) is 5.87. The summed E-state index contributed by atoms with van der Waals surface area (Å²) in [6.45, 7) is 4.13. The first-order valence-electron chi connectivity index (χ1n) is 6.47. The van der Waals surface area contributed by atoms with E-state index in [1.807, 2.05) is 6.92 Å². The zero-order chi connectivity index (χ0) is 14.7. The lowest BCUT2D eigenvalue weighted by atomic mass is 10.2. The number of amides is 1. The fraction of sp³-hybridized carbons (Fsp3) is 0.462. The summed E-state index contributed by atoms with van der Waals surface area (Å²) in [7, 11) is 1.81. The first-order valence-corrected chi connectivity index (χ1v) is 6.47. The molecule has 2 rings (SSSR count). The van der Waals surface area contributed by atoms with Crippen molar-refractivity contribution in [1.29, 1.82) is 0 Å². The Balaban J connectivity index is 2.09. The Morgan fingerprint density at radius 3 is 2.95 bits per heavy atom. The van der Waals surface area contributed by atoms with E-state index >= 15 is 0 Å². The topological polar surface area (TPSA) is 99.0 Å². The van der Waals surface area contributed by atoms with Gasteiger partial charge in [0.1, 0.15) is 5.76 Å². The molecule has 2 aromatic heterocycles. The summed E-state index contributed by atoms with van der Waals surface area (Å²) in [5, 5.41) is 6.83. The lowest BCUT2D eigenvalue weighted by Gasteiger charge is -2.05. The molecule has 0 aliphatic heterocycles. The van der Waals surface area contributed by atoms with Gasteiger partial charge in [-0.2, -0.15) is 5.10 Å². The molecule has 0 aromatic carbocycles. The summed E-state index contributed by atoms with van der Waals surface area (Å²) in [5.74, 6) is 0.636. The van der Waals surface area contributed by atoms with Gasteiger partial charge in [-0.15, -0.1) is 0 Å². The van der Waals surface area contributed by atoms with E-state index in [1.54, 1.807) is 31.0 Å². The van der Waals surface area contributed by atoms with Crippen molar-refractivity contribution in [3.63, 3.8) is 0 Å². The quantitative estimate of drug-likeness (QED) is 0.844. The zero-order valence-corrected chi connectivity index (χ0v) is 11.9. The lowest BCUT2D eigenvalue weighted by Crippen LogP contribution is -2.29. The van der Waals surface area contributed by atoms with Crippen molar-refractivity contribution in [1.82, 2.24) is 20.1 Å². The molecular formula is C13H19N5O2. The Morgan fingerprint density at radius 2 is 2.35 bits per heavy atom. The van der Waals surface area contributed by atoms with Crippen LogP contribution >= 0.6 is 0 Å². The van der Waals surface area contributed by atoms with Gasteiger partial charge in [0.15, 0.2) is 5.69 Å². The summed E-state index contributed by atoms with van der Waals surface area (Å²) in [5.41, 5.74) is 6.68. The van der Waals surface area contributed by atoms with Crippen LogP contribution in [0.25, 0.3) is 11.5 Å². The van der Waals surface area contributed by atoms with Crippen LogP contribution in [0.4, 0.5) is 0 Å². The predicted molar refractivity (Wildman–Crippen MR) is 74.0 cm³/mol. The number of rotatable bonds is 5. The number of aromatic nitrogens is 3. The van der Waals surface area contributed by atoms with Gasteiger partial charge in [-0.25, -0.2) is 4.98 Å². The zero-order valence-electron chi connectivity index (χ0n) is 11.9. The molecule has 3 N–H and O–H groups in total. The molecule has 1 unspecified atom stereocenters. The predicted octanol–water partition coefficient (Wildman–Crippen LogP) is 0.851. The van der Waals surface area contributed by atoms with Gasteiger partial charge in [-0.3, -0.25) is 9.48 Å². The highest BCUT2D eigenvalue weighted by Crippen LogP contribution is 2.20. The van der Waals surface area contributed by atoms with Gasteiger partial charge in [-0.05, 0) is 20.3 Å². The second-order valence-electron chi connectivity index (χ2n) is 4.85. The standard InChI is InChI=1S/C13H19N5O2/c1-8(14)4-5-15-12(19)11-9(2)20-13(17-11)10-6-16-18(3)7-10/h6-8H,4-5,14H2,1-3H3,(H,15,19). The molecule has 0 radical (unpaired) electrons. The second-order valence-corrected chi connectivity index (χ2v) is 4.85. The van der Waals surface area contributed by atoms with Gasteiger partial charge in [0.25, 0.3) is 5.91 Å². The van der Waals surface area contributed by atoms with E-state index in [0.717, 1.165) is 12.0 Å². The number of hydrogen-bond acceptors (Lipinski definition) is 5. The summed E-state index contributed by atoms with van der Waals surface area (Å²) in [6, 6.07) is 0.0552. The minimum Gasteiger partial charge on any atom is -0.440 e. The minimum absolute atomic E-state index is 0.0552. The Hall–Kier alpha value is -2.15. The van der Waals surface area contributed by atoms with Crippen molar-refractivity contribution in [3.05, 3.63) is 23.8 Å². The molecule has 7 heteroatoms. The fourth-order valence-corrected chi connectivity index (χ4v) is 1.76. The monoisotopic (exact) mass is 277 g/mol. The molecule has 0 bridgehead atoms. The van der Waals surface area contributed by atoms with Crippen molar-refractivity contribution < 1.29 is 9.21 Å². The van der Waals surface area contributed by atoms with Crippen LogP contribution < -0.4 is 11.1 Å². The maximum Gasteiger partial charge on any atom is 0.273 e. The number of aryl methyl sites for hydroxylation is 2. The molecule has 0 saturated heterocycles. The molecule has 0 aliphatic rings. The molecule has 2 heterocycles. The molecule has 2 aromatic rings. The van der Waals surface area contributed by atoms with Crippen LogP contribution in [-0.2, 0) is 7.05 Å². The maximum absolute atomic E-state index is 12.0.